The molecule has 0 saturated heterocycles. The van der Waals surface area contributed by atoms with Gasteiger partial charge in [0.2, 0.25) is 0 Å². The molecule has 0 bridgehead atoms. The monoisotopic (exact) mass is 423 g/mol. The fourth-order valence-corrected chi connectivity index (χ4v) is 4.83. The Bertz CT molecular complexity index is 993. The van der Waals surface area contributed by atoms with Crippen LogP contribution in [0.25, 0.3) is 0 Å². The minimum absolute atomic E-state index is 0.215. The molecule has 0 unspecified atom stereocenters. The van der Waals surface area contributed by atoms with Gasteiger partial charge in [-0.25, -0.2) is 9.78 Å². The van der Waals surface area contributed by atoms with Crippen LogP contribution in [0, 0.1) is 13.8 Å². The second-order valence-corrected chi connectivity index (χ2v) is 8.85. The number of nitrogens with zero attached hydrogens (tertiary/aromatic N) is 2. The highest BCUT2D eigenvalue weighted by Crippen LogP contribution is 2.36. The van der Waals surface area contributed by atoms with E-state index in [1.54, 1.807) is 11.8 Å². The fourth-order valence-electron chi connectivity index (χ4n) is 3.45. The van der Waals surface area contributed by atoms with E-state index in [2.05, 4.69) is 62.6 Å². The van der Waals surface area contributed by atoms with Gasteiger partial charge in [-0.1, -0.05) is 62.0 Å². The summed E-state index contributed by atoms with van der Waals surface area (Å²) in [4.78, 5) is 17.2. The van der Waals surface area contributed by atoms with Crippen molar-refractivity contribution in [3.8, 4) is 0 Å². The van der Waals surface area contributed by atoms with Crippen molar-refractivity contribution in [3.05, 3.63) is 76.7 Å². The topological polar surface area (TPSA) is 70.1 Å². The molecule has 1 aromatic heterocycles. The van der Waals surface area contributed by atoms with Crippen LogP contribution >= 0.6 is 11.8 Å². The minimum Gasteiger partial charge on any atom is -0.449 e. The highest BCUT2D eigenvalue weighted by molar-refractivity contribution is 7.99. The number of aromatic nitrogens is 2. The zero-order valence-electron chi connectivity index (χ0n) is 18.0. The van der Waals surface area contributed by atoms with E-state index in [1.807, 2.05) is 18.2 Å². The third-order valence-electron chi connectivity index (χ3n) is 4.74. The third kappa shape index (κ3) is 5.66. The highest BCUT2D eigenvalue weighted by Gasteiger charge is 2.21. The van der Waals surface area contributed by atoms with Gasteiger partial charge in [0.1, 0.15) is 17.5 Å². The number of benzene rings is 2. The lowest BCUT2D eigenvalue weighted by atomic mass is 10.1. The summed E-state index contributed by atoms with van der Waals surface area (Å²) in [5.41, 5.74) is 9.88. The molecule has 5 nitrogen and oxygen atoms in total. The Morgan fingerprint density at radius 1 is 1.13 bits per heavy atom. The number of carbonyl (C=O) groups excluding carboxylic acids is 1. The molecule has 3 rings (SSSR count). The lowest BCUT2D eigenvalue weighted by Gasteiger charge is -2.14. The van der Waals surface area contributed by atoms with Crippen LogP contribution < -0.4 is 5.73 Å². The van der Waals surface area contributed by atoms with E-state index in [4.69, 9.17) is 15.5 Å². The molecule has 0 atom stereocenters. The minimum atomic E-state index is -0.759. The second kappa shape index (κ2) is 9.85. The number of ether oxygens (including phenoxy) is 1. The summed E-state index contributed by atoms with van der Waals surface area (Å²) < 4.78 is 7.24. The number of hydrogen-bond acceptors (Lipinski definition) is 4. The second-order valence-electron chi connectivity index (χ2n) is 7.79. The van der Waals surface area contributed by atoms with Crippen molar-refractivity contribution in [2.24, 2.45) is 5.73 Å². The summed E-state index contributed by atoms with van der Waals surface area (Å²) in [6, 6.07) is 16.9. The van der Waals surface area contributed by atoms with Crippen molar-refractivity contribution >= 4 is 17.9 Å². The maximum Gasteiger partial charge on any atom is 0.404 e. The van der Waals surface area contributed by atoms with Crippen LogP contribution in [-0.4, -0.2) is 22.3 Å². The van der Waals surface area contributed by atoms with Gasteiger partial charge in [0.25, 0.3) is 0 Å². The number of aryl methyl sites for hydroxylation is 2. The Kier molecular flexibility index (Phi) is 7.21. The molecule has 1 amide bonds. The molecule has 2 N–H and O–H groups in total. The molecule has 0 aliphatic rings. The van der Waals surface area contributed by atoms with E-state index >= 15 is 0 Å². The molecule has 158 valence electrons. The molecule has 1 heterocycles. The molecule has 3 aromatic rings. The molecular weight excluding hydrogens is 394 g/mol. The van der Waals surface area contributed by atoms with Crippen molar-refractivity contribution in [3.63, 3.8) is 0 Å². The average molecular weight is 424 g/mol. The van der Waals surface area contributed by atoms with Gasteiger partial charge in [-0.15, -0.1) is 0 Å². The first-order valence-corrected chi connectivity index (χ1v) is 11.0. The maximum atomic E-state index is 11.0. The number of nitrogens with two attached hydrogens (primary N) is 1. The van der Waals surface area contributed by atoms with Crippen molar-refractivity contribution in [1.82, 2.24) is 9.55 Å². The molecule has 0 aliphatic carbocycles. The van der Waals surface area contributed by atoms with Crippen molar-refractivity contribution < 1.29 is 9.53 Å². The maximum absolute atomic E-state index is 11.0. The summed E-state index contributed by atoms with van der Waals surface area (Å²) in [6.07, 6.45) is -0.242. The first-order chi connectivity index (χ1) is 14.3. The first-order valence-electron chi connectivity index (χ1n) is 10.1. The number of carbonyl (C=O) groups is 1. The number of primary amides is 1. The van der Waals surface area contributed by atoms with Crippen LogP contribution in [0.5, 0.6) is 0 Å². The SMILES string of the molecule is Cc1cc(C)cc(Sc2c(C(C)C)nc(CCOC(N)=O)n2Cc2ccccc2)c1. The van der Waals surface area contributed by atoms with E-state index in [0.717, 1.165) is 16.5 Å². The van der Waals surface area contributed by atoms with Crippen molar-refractivity contribution in [2.45, 2.75) is 56.5 Å². The molecule has 0 spiro atoms. The summed E-state index contributed by atoms with van der Waals surface area (Å²) in [7, 11) is 0. The molecule has 6 heteroatoms. The lowest BCUT2D eigenvalue weighted by Crippen LogP contribution is -2.16. The third-order valence-corrected chi connectivity index (χ3v) is 5.83. The highest BCUT2D eigenvalue weighted by atomic mass is 32.2. The quantitative estimate of drug-likeness (QED) is 0.522. The molecule has 0 aliphatic heterocycles. The van der Waals surface area contributed by atoms with Crippen LogP contribution in [-0.2, 0) is 17.7 Å². The Hall–Kier alpha value is -2.73. The van der Waals surface area contributed by atoms with E-state index in [9.17, 15) is 4.79 Å². The largest absolute Gasteiger partial charge is 0.449 e. The Morgan fingerprint density at radius 3 is 2.40 bits per heavy atom. The zero-order chi connectivity index (χ0) is 21.7. The summed E-state index contributed by atoms with van der Waals surface area (Å²) >= 11 is 1.75. The van der Waals surface area contributed by atoms with E-state index in [0.29, 0.717) is 13.0 Å². The van der Waals surface area contributed by atoms with Gasteiger partial charge >= 0.3 is 6.09 Å². The Labute approximate surface area is 182 Å². The predicted octanol–water partition coefficient (Wildman–Crippen LogP) is 5.46. The predicted molar refractivity (Wildman–Crippen MR) is 121 cm³/mol. The van der Waals surface area contributed by atoms with Gasteiger partial charge in [-0.3, -0.25) is 0 Å². The van der Waals surface area contributed by atoms with E-state index in [1.165, 1.54) is 21.6 Å². The Balaban J connectivity index is 2.03. The Morgan fingerprint density at radius 2 is 1.80 bits per heavy atom. The summed E-state index contributed by atoms with van der Waals surface area (Å²) in [5, 5.41) is 1.13. The van der Waals surface area contributed by atoms with Gasteiger partial charge in [0.05, 0.1) is 5.69 Å². The molecule has 0 saturated carbocycles. The summed E-state index contributed by atoms with van der Waals surface area (Å²) in [6.45, 7) is 9.48. The standard InChI is InChI=1S/C24H29N3O2S/c1-16(2)22-23(30-20-13-17(3)12-18(4)14-20)27(15-19-8-6-5-7-9-19)21(26-22)10-11-29-24(25)28/h5-9,12-14,16H,10-11,15H2,1-4H3,(H2,25,28). The van der Waals surface area contributed by atoms with Gasteiger partial charge in [-0.2, -0.15) is 0 Å². The van der Waals surface area contributed by atoms with Gasteiger partial charge in [0, 0.05) is 17.9 Å². The van der Waals surface area contributed by atoms with E-state index < -0.39 is 6.09 Å². The number of imidazole rings is 1. The van der Waals surface area contributed by atoms with Crippen molar-refractivity contribution in [2.75, 3.05) is 6.61 Å². The van der Waals surface area contributed by atoms with Gasteiger partial charge < -0.3 is 15.0 Å². The van der Waals surface area contributed by atoms with Crippen LogP contribution in [0.1, 0.15) is 48.0 Å². The van der Waals surface area contributed by atoms with Crippen LogP contribution in [0.15, 0.2) is 58.5 Å². The van der Waals surface area contributed by atoms with E-state index in [-0.39, 0.29) is 12.5 Å². The fraction of sp³-hybridized carbons (Fsp3) is 0.333. The van der Waals surface area contributed by atoms with Crippen LogP contribution in [0.3, 0.4) is 0 Å². The van der Waals surface area contributed by atoms with Gasteiger partial charge in [0.15, 0.2) is 0 Å². The smallest absolute Gasteiger partial charge is 0.404 e. The van der Waals surface area contributed by atoms with Crippen LogP contribution in [0.4, 0.5) is 4.79 Å². The number of rotatable bonds is 8. The molecule has 2 aromatic carbocycles. The first kappa shape index (κ1) is 22.0. The average Bonchev–Trinajstić information content (AvgIpc) is 2.99. The molecule has 30 heavy (non-hydrogen) atoms. The molecule has 0 radical (unpaired) electrons. The normalized spacial score (nSPS) is 11.1. The summed E-state index contributed by atoms with van der Waals surface area (Å²) in [5.74, 6) is 1.17. The number of hydrogen-bond donors (Lipinski definition) is 1. The molecule has 0 fully saturated rings. The van der Waals surface area contributed by atoms with Crippen LogP contribution in [0.2, 0.25) is 0 Å². The van der Waals surface area contributed by atoms with Gasteiger partial charge in [-0.05, 0) is 48.6 Å². The molecular formula is C24H29N3O2S. The number of amides is 1. The lowest BCUT2D eigenvalue weighted by molar-refractivity contribution is 0.157. The zero-order valence-corrected chi connectivity index (χ0v) is 18.8. The van der Waals surface area contributed by atoms with Crippen molar-refractivity contribution in [1.29, 1.82) is 0 Å².